The second-order valence-electron chi connectivity index (χ2n) is 6.32. The molecule has 2 aliphatic heterocycles. The minimum absolute atomic E-state index is 0.00276. The van der Waals surface area contributed by atoms with E-state index in [1.165, 1.54) is 12.8 Å². The highest BCUT2D eigenvalue weighted by Gasteiger charge is 2.29. The maximum absolute atomic E-state index is 11.4. The van der Waals surface area contributed by atoms with Crippen molar-refractivity contribution in [3.8, 4) is 5.75 Å². The number of nitrogens with zero attached hydrogens (tertiary/aromatic N) is 2. The van der Waals surface area contributed by atoms with Crippen LogP contribution in [0.4, 0.5) is 5.69 Å². The molecule has 1 saturated heterocycles. The molecule has 1 aromatic carbocycles. The highest BCUT2D eigenvalue weighted by atomic mass is 16.5. The standard InChI is InChI=1S/C18H25N3O3/c22-9-5-3-1-2-4-6-10-24-15-7-8-16-14(11-15)12-21-13-17(23)20-18(21)19-16/h7-8,11,22H,1-6,9-10,12-13H2,(H,19,20,23). The Morgan fingerprint density at radius 1 is 1.12 bits per heavy atom. The number of aliphatic hydroxyl groups excluding tert-OH is 1. The molecular formula is C18H25N3O3. The van der Waals surface area contributed by atoms with E-state index in [0.29, 0.717) is 25.7 Å². The number of rotatable bonds is 9. The van der Waals surface area contributed by atoms with E-state index >= 15 is 0 Å². The minimum Gasteiger partial charge on any atom is -0.494 e. The summed E-state index contributed by atoms with van der Waals surface area (Å²) in [5.74, 6) is 1.52. The predicted octanol–water partition coefficient (Wildman–Crippen LogP) is 2.33. The van der Waals surface area contributed by atoms with E-state index in [1.807, 2.05) is 23.1 Å². The Hall–Kier alpha value is -2.08. The molecule has 1 fully saturated rings. The van der Waals surface area contributed by atoms with Gasteiger partial charge in [-0.3, -0.25) is 10.1 Å². The van der Waals surface area contributed by atoms with Gasteiger partial charge in [0.05, 0.1) is 12.3 Å². The van der Waals surface area contributed by atoms with Gasteiger partial charge >= 0.3 is 0 Å². The molecule has 2 N–H and O–H groups in total. The third-order valence-corrected chi connectivity index (χ3v) is 4.34. The molecule has 0 bridgehead atoms. The SMILES string of the molecule is O=C1CN2Cc3cc(OCCCCCCCCO)ccc3N=C2N1. The molecule has 3 rings (SSSR count). The van der Waals surface area contributed by atoms with Crippen molar-refractivity contribution in [3.63, 3.8) is 0 Å². The van der Waals surface area contributed by atoms with E-state index in [1.54, 1.807) is 0 Å². The van der Waals surface area contributed by atoms with Gasteiger partial charge in [-0.05, 0) is 31.0 Å². The molecule has 1 aromatic rings. The quantitative estimate of drug-likeness (QED) is 0.681. The van der Waals surface area contributed by atoms with Crippen molar-refractivity contribution in [1.82, 2.24) is 10.2 Å². The first kappa shape index (κ1) is 16.8. The first-order chi connectivity index (χ1) is 11.8. The fourth-order valence-electron chi connectivity index (χ4n) is 3.04. The van der Waals surface area contributed by atoms with Crippen LogP contribution in [0.15, 0.2) is 23.2 Å². The lowest BCUT2D eigenvalue weighted by Gasteiger charge is -2.23. The number of hydrogen-bond donors (Lipinski definition) is 2. The predicted molar refractivity (Wildman–Crippen MR) is 92.4 cm³/mol. The second-order valence-corrected chi connectivity index (χ2v) is 6.32. The van der Waals surface area contributed by atoms with Gasteiger partial charge in [-0.2, -0.15) is 0 Å². The number of aliphatic hydroxyl groups is 1. The number of amides is 1. The van der Waals surface area contributed by atoms with Crippen LogP contribution < -0.4 is 10.1 Å². The Morgan fingerprint density at radius 2 is 1.92 bits per heavy atom. The first-order valence-corrected chi connectivity index (χ1v) is 8.76. The van der Waals surface area contributed by atoms with Crippen molar-refractivity contribution >= 4 is 17.6 Å². The van der Waals surface area contributed by atoms with E-state index in [2.05, 4.69) is 10.3 Å². The van der Waals surface area contributed by atoms with E-state index in [-0.39, 0.29) is 5.91 Å². The van der Waals surface area contributed by atoms with E-state index < -0.39 is 0 Å². The monoisotopic (exact) mass is 331 g/mol. The fourth-order valence-corrected chi connectivity index (χ4v) is 3.04. The van der Waals surface area contributed by atoms with Gasteiger partial charge < -0.3 is 14.7 Å². The molecule has 2 aliphatic rings. The Balaban J connectivity index is 1.43. The van der Waals surface area contributed by atoms with Crippen molar-refractivity contribution < 1.29 is 14.6 Å². The van der Waals surface area contributed by atoms with Crippen LogP contribution in [0.5, 0.6) is 5.75 Å². The Morgan fingerprint density at radius 3 is 2.75 bits per heavy atom. The largest absolute Gasteiger partial charge is 0.494 e. The van der Waals surface area contributed by atoms with Gasteiger partial charge in [0.25, 0.3) is 0 Å². The number of carbonyl (C=O) groups is 1. The lowest BCUT2D eigenvalue weighted by atomic mass is 10.1. The van der Waals surface area contributed by atoms with Gasteiger partial charge in [0.15, 0.2) is 0 Å². The summed E-state index contributed by atoms with van der Waals surface area (Å²) < 4.78 is 5.84. The van der Waals surface area contributed by atoms with Crippen LogP contribution in [-0.4, -0.2) is 41.6 Å². The van der Waals surface area contributed by atoms with Gasteiger partial charge in [-0.25, -0.2) is 4.99 Å². The number of fused-ring (bicyclic) bond motifs is 2. The number of nitrogens with one attached hydrogen (secondary N) is 1. The number of carbonyl (C=O) groups excluding carboxylic acids is 1. The summed E-state index contributed by atoms with van der Waals surface area (Å²) in [6.07, 6.45) is 6.60. The summed E-state index contributed by atoms with van der Waals surface area (Å²) in [4.78, 5) is 17.9. The zero-order chi connectivity index (χ0) is 16.8. The maximum atomic E-state index is 11.4. The van der Waals surface area contributed by atoms with Crippen LogP contribution in [0.1, 0.15) is 44.1 Å². The molecule has 6 heteroatoms. The van der Waals surface area contributed by atoms with Crippen LogP contribution >= 0.6 is 0 Å². The average molecular weight is 331 g/mol. The second kappa shape index (κ2) is 8.15. The molecule has 130 valence electrons. The maximum Gasteiger partial charge on any atom is 0.246 e. The van der Waals surface area contributed by atoms with Crippen LogP contribution in [0, 0.1) is 0 Å². The number of unbranched alkanes of at least 4 members (excludes halogenated alkanes) is 5. The number of guanidine groups is 1. The third kappa shape index (κ3) is 4.26. The van der Waals surface area contributed by atoms with Crippen LogP contribution in [-0.2, 0) is 11.3 Å². The zero-order valence-corrected chi connectivity index (χ0v) is 14.0. The highest BCUT2D eigenvalue weighted by Crippen LogP contribution is 2.30. The summed E-state index contributed by atoms with van der Waals surface area (Å²) in [6.45, 7) is 2.08. The molecule has 0 unspecified atom stereocenters. The average Bonchev–Trinajstić information content (AvgIpc) is 2.93. The van der Waals surface area contributed by atoms with Crippen LogP contribution in [0.3, 0.4) is 0 Å². The normalized spacial score (nSPS) is 15.6. The van der Waals surface area contributed by atoms with Crippen LogP contribution in [0.25, 0.3) is 0 Å². The minimum atomic E-state index is -0.00276. The molecule has 6 nitrogen and oxygen atoms in total. The first-order valence-electron chi connectivity index (χ1n) is 8.76. The summed E-state index contributed by atoms with van der Waals surface area (Å²) >= 11 is 0. The molecule has 0 aliphatic carbocycles. The van der Waals surface area contributed by atoms with E-state index in [9.17, 15) is 4.79 Å². The molecule has 0 radical (unpaired) electrons. The molecule has 0 atom stereocenters. The highest BCUT2D eigenvalue weighted by molar-refractivity contribution is 6.05. The van der Waals surface area contributed by atoms with Gasteiger partial charge in [-0.15, -0.1) is 0 Å². The zero-order valence-electron chi connectivity index (χ0n) is 14.0. The summed E-state index contributed by atoms with van der Waals surface area (Å²) in [5, 5.41) is 11.5. The number of hydrogen-bond acceptors (Lipinski definition) is 5. The van der Waals surface area contributed by atoms with Gasteiger partial charge in [0.2, 0.25) is 11.9 Å². The number of aliphatic imine (C=N–C) groups is 1. The molecule has 0 aromatic heterocycles. The summed E-state index contributed by atoms with van der Waals surface area (Å²) in [7, 11) is 0. The summed E-state index contributed by atoms with van der Waals surface area (Å²) in [6, 6.07) is 5.92. The molecular weight excluding hydrogens is 306 g/mol. The number of benzene rings is 1. The van der Waals surface area contributed by atoms with Crippen molar-refractivity contribution in [2.24, 2.45) is 4.99 Å². The smallest absolute Gasteiger partial charge is 0.246 e. The topological polar surface area (TPSA) is 74.2 Å². The van der Waals surface area contributed by atoms with E-state index in [4.69, 9.17) is 9.84 Å². The van der Waals surface area contributed by atoms with E-state index in [0.717, 1.165) is 49.3 Å². The van der Waals surface area contributed by atoms with Crippen molar-refractivity contribution in [2.45, 2.75) is 45.1 Å². The van der Waals surface area contributed by atoms with Gasteiger partial charge in [-0.1, -0.05) is 25.7 Å². The fraction of sp³-hybridized carbons (Fsp3) is 0.556. The summed E-state index contributed by atoms with van der Waals surface area (Å²) in [5.41, 5.74) is 2.00. The number of ether oxygens (including phenoxy) is 1. The van der Waals surface area contributed by atoms with Crippen molar-refractivity contribution in [3.05, 3.63) is 23.8 Å². The molecule has 1 amide bonds. The van der Waals surface area contributed by atoms with Gasteiger partial charge in [0, 0.05) is 18.7 Å². The van der Waals surface area contributed by atoms with Crippen molar-refractivity contribution in [2.75, 3.05) is 19.8 Å². The van der Waals surface area contributed by atoms with Crippen molar-refractivity contribution in [1.29, 1.82) is 0 Å². The Labute approximate surface area is 142 Å². The molecule has 24 heavy (non-hydrogen) atoms. The lowest BCUT2D eigenvalue weighted by Crippen LogP contribution is -2.31. The molecule has 0 saturated carbocycles. The Kier molecular flexibility index (Phi) is 5.69. The van der Waals surface area contributed by atoms with Gasteiger partial charge in [0.1, 0.15) is 12.3 Å². The lowest BCUT2D eigenvalue weighted by molar-refractivity contribution is -0.118. The molecule has 0 spiro atoms. The Bertz CT molecular complexity index is 616. The van der Waals surface area contributed by atoms with Crippen LogP contribution in [0.2, 0.25) is 0 Å². The third-order valence-electron chi connectivity index (χ3n) is 4.34. The molecule has 2 heterocycles.